The number of hydrogen-bond donors (Lipinski definition) is 1. The van der Waals surface area contributed by atoms with Crippen molar-refractivity contribution in [1.82, 2.24) is 5.32 Å². The first-order chi connectivity index (χ1) is 9.95. The fourth-order valence-corrected chi connectivity index (χ4v) is 3.83. The summed E-state index contributed by atoms with van der Waals surface area (Å²) in [6, 6.07) is 4.70. The molecule has 1 N–H and O–H groups in total. The molecule has 0 aliphatic heterocycles. The summed E-state index contributed by atoms with van der Waals surface area (Å²) >= 11 is 0. The largest absolute Gasteiger partial charge is 0.314 e. The highest BCUT2D eigenvalue weighted by molar-refractivity contribution is 5.20. The standard InChI is InChI=1S/C18H27F2N/c1-4-21-16(14-9-5-6-11-18(14,2)3)12-13-8-7-10-15(19)17(13)20/h7-8,10,14,16,21H,4-6,9,11-12H2,1-3H3. The molecule has 0 radical (unpaired) electrons. The van der Waals surface area contributed by atoms with Gasteiger partial charge in [-0.05, 0) is 48.8 Å². The van der Waals surface area contributed by atoms with Crippen LogP contribution in [0.5, 0.6) is 0 Å². The van der Waals surface area contributed by atoms with Crippen molar-refractivity contribution in [2.24, 2.45) is 11.3 Å². The Balaban J connectivity index is 2.20. The van der Waals surface area contributed by atoms with E-state index in [1.54, 1.807) is 12.1 Å². The van der Waals surface area contributed by atoms with Crippen LogP contribution in [-0.4, -0.2) is 12.6 Å². The van der Waals surface area contributed by atoms with Gasteiger partial charge in [-0.15, -0.1) is 0 Å². The Morgan fingerprint density at radius 3 is 2.71 bits per heavy atom. The lowest BCUT2D eigenvalue weighted by molar-refractivity contribution is 0.0983. The molecule has 2 rings (SSSR count). The van der Waals surface area contributed by atoms with Gasteiger partial charge in [-0.3, -0.25) is 0 Å². The quantitative estimate of drug-likeness (QED) is 0.830. The van der Waals surface area contributed by atoms with Gasteiger partial charge in [-0.1, -0.05) is 45.7 Å². The van der Waals surface area contributed by atoms with Crippen molar-refractivity contribution in [2.45, 2.75) is 58.9 Å². The van der Waals surface area contributed by atoms with Crippen molar-refractivity contribution in [3.05, 3.63) is 35.4 Å². The van der Waals surface area contributed by atoms with Gasteiger partial charge in [0.05, 0.1) is 0 Å². The smallest absolute Gasteiger partial charge is 0.162 e. The van der Waals surface area contributed by atoms with Crippen molar-refractivity contribution in [3.8, 4) is 0 Å². The second-order valence-electron chi connectivity index (χ2n) is 6.92. The Hall–Kier alpha value is -0.960. The van der Waals surface area contributed by atoms with Crippen LogP contribution in [0.15, 0.2) is 18.2 Å². The molecule has 3 heteroatoms. The fourth-order valence-electron chi connectivity index (χ4n) is 3.83. The van der Waals surface area contributed by atoms with E-state index in [-0.39, 0.29) is 11.5 Å². The molecule has 1 fully saturated rings. The van der Waals surface area contributed by atoms with Gasteiger partial charge in [0.15, 0.2) is 11.6 Å². The van der Waals surface area contributed by atoms with E-state index in [9.17, 15) is 8.78 Å². The molecule has 0 heterocycles. The molecule has 1 aromatic carbocycles. The van der Waals surface area contributed by atoms with E-state index >= 15 is 0 Å². The third kappa shape index (κ3) is 3.82. The molecule has 1 aliphatic carbocycles. The summed E-state index contributed by atoms with van der Waals surface area (Å²) in [4.78, 5) is 0. The van der Waals surface area contributed by atoms with Gasteiger partial charge in [0.2, 0.25) is 0 Å². The van der Waals surface area contributed by atoms with Crippen LogP contribution in [0.25, 0.3) is 0 Å². The van der Waals surface area contributed by atoms with Gasteiger partial charge < -0.3 is 5.32 Å². The lowest BCUT2D eigenvalue weighted by Gasteiger charge is -2.43. The molecule has 2 unspecified atom stereocenters. The van der Waals surface area contributed by atoms with Crippen molar-refractivity contribution < 1.29 is 8.78 Å². The first-order valence-electron chi connectivity index (χ1n) is 8.12. The van der Waals surface area contributed by atoms with E-state index in [1.807, 2.05) is 0 Å². The molecular weight excluding hydrogens is 268 g/mol. The predicted octanol–water partition coefficient (Wildman–Crippen LogP) is 4.70. The number of likely N-dealkylation sites (N-methyl/N-ethyl adjacent to an activating group) is 1. The second kappa shape index (κ2) is 6.87. The Bertz CT molecular complexity index is 470. The van der Waals surface area contributed by atoms with Crippen LogP contribution in [0.3, 0.4) is 0 Å². The molecule has 0 amide bonds. The molecule has 21 heavy (non-hydrogen) atoms. The van der Waals surface area contributed by atoms with Gasteiger partial charge in [0.1, 0.15) is 0 Å². The van der Waals surface area contributed by atoms with E-state index in [4.69, 9.17) is 0 Å². The number of halogens is 2. The summed E-state index contributed by atoms with van der Waals surface area (Å²) in [5.74, 6) is -0.923. The molecule has 0 saturated heterocycles. The third-order valence-corrected chi connectivity index (χ3v) is 5.01. The summed E-state index contributed by atoms with van der Waals surface area (Å²) < 4.78 is 27.4. The lowest BCUT2D eigenvalue weighted by Crippen LogP contribution is -2.46. The minimum absolute atomic E-state index is 0.210. The molecule has 2 atom stereocenters. The Morgan fingerprint density at radius 2 is 2.05 bits per heavy atom. The van der Waals surface area contributed by atoms with Gasteiger partial charge >= 0.3 is 0 Å². The summed E-state index contributed by atoms with van der Waals surface area (Å²) in [6.07, 6.45) is 5.45. The molecule has 118 valence electrons. The maximum Gasteiger partial charge on any atom is 0.162 e. The highest BCUT2D eigenvalue weighted by Crippen LogP contribution is 2.43. The molecule has 1 aliphatic rings. The SMILES string of the molecule is CCNC(Cc1cccc(F)c1F)C1CCCCC1(C)C. The van der Waals surface area contributed by atoms with Gasteiger partial charge in [-0.25, -0.2) is 8.78 Å². The van der Waals surface area contributed by atoms with Crippen molar-refractivity contribution >= 4 is 0 Å². The van der Waals surface area contributed by atoms with Crippen LogP contribution in [0, 0.1) is 23.0 Å². The first kappa shape index (κ1) is 16.4. The third-order valence-electron chi connectivity index (χ3n) is 5.01. The van der Waals surface area contributed by atoms with Crippen LogP contribution in [0.2, 0.25) is 0 Å². The zero-order valence-corrected chi connectivity index (χ0v) is 13.4. The van der Waals surface area contributed by atoms with Crippen LogP contribution in [-0.2, 0) is 6.42 Å². The first-order valence-corrected chi connectivity index (χ1v) is 8.12. The number of nitrogens with one attached hydrogen (secondary N) is 1. The van der Waals surface area contributed by atoms with Crippen LogP contribution in [0.1, 0.15) is 52.0 Å². The number of hydrogen-bond acceptors (Lipinski definition) is 1. The summed E-state index contributed by atoms with van der Waals surface area (Å²) in [5.41, 5.74) is 0.747. The van der Waals surface area contributed by atoms with E-state index in [0.717, 1.165) is 6.54 Å². The lowest BCUT2D eigenvalue weighted by atomic mass is 9.65. The maximum absolute atomic E-state index is 14.0. The second-order valence-corrected chi connectivity index (χ2v) is 6.92. The van der Waals surface area contributed by atoms with Crippen LogP contribution in [0.4, 0.5) is 8.78 Å². The average Bonchev–Trinajstić information content (AvgIpc) is 2.43. The van der Waals surface area contributed by atoms with Crippen LogP contribution < -0.4 is 5.32 Å². The molecule has 1 aromatic rings. The molecular formula is C18H27F2N. The molecule has 0 bridgehead atoms. The van der Waals surface area contributed by atoms with Gasteiger partial charge in [0.25, 0.3) is 0 Å². The molecule has 0 spiro atoms. The Morgan fingerprint density at radius 1 is 1.29 bits per heavy atom. The minimum atomic E-state index is -0.745. The zero-order chi connectivity index (χ0) is 15.5. The molecule has 0 aromatic heterocycles. The Labute approximate surface area is 127 Å². The van der Waals surface area contributed by atoms with Crippen molar-refractivity contribution in [2.75, 3.05) is 6.54 Å². The van der Waals surface area contributed by atoms with E-state index in [0.29, 0.717) is 17.9 Å². The zero-order valence-electron chi connectivity index (χ0n) is 13.4. The predicted molar refractivity (Wildman–Crippen MR) is 83.3 cm³/mol. The summed E-state index contributed by atoms with van der Waals surface area (Å²) in [5, 5.41) is 3.51. The van der Waals surface area contributed by atoms with Crippen molar-refractivity contribution in [3.63, 3.8) is 0 Å². The highest BCUT2D eigenvalue weighted by Gasteiger charge is 2.37. The van der Waals surface area contributed by atoms with Gasteiger partial charge in [0, 0.05) is 6.04 Å². The number of benzene rings is 1. The monoisotopic (exact) mass is 295 g/mol. The average molecular weight is 295 g/mol. The maximum atomic E-state index is 14.0. The van der Waals surface area contributed by atoms with Gasteiger partial charge in [-0.2, -0.15) is 0 Å². The molecule has 1 saturated carbocycles. The van der Waals surface area contributed by atoms with E-state index in [2.05, 4.69) is 26.1 Å². The summed E-state index contributed by atoms with van der Waals surface area (Å²) in [7, 11) is 0. The number of rotatable bonds is 5. The van der Waals surface area contributed by atoms with Crippen LogP contribution >= 0.6 is 0 Å². The van der Waals surface area contributed by atoms with Crippen molar-refractivity contribution in [1.29, 1.82) is 0 Å². The summed E-state index contributed by atoms with van der Waals surface area (Å²) in [6.45, 7) is 7.55. The topological polar surface area (TPSA) is 12.0 Å². The van der Waals surface area contributed by atoms with E-state index < -0.39 is 11.6 Å². The fraction of sp³-hybridized carbons (Fsp3) is 0.667. The normalized spacial score (nSPS) is 23.0. The Kier molecular flexibility index (Phi) is 5.37. The van der Waals surface area contributed by atoms with E-state index in [1.165, 1.54) is 31.7 Å². The minimum Gasteiger partial charge on any atom is -0.314 e. The highest BCUT2D eigenvalue weighted by atomic mass is 19.2. The molecule has 1 nitrogen and oxygen atoms in total.